The summed E-state index contributed by atoms with van der Waals surface area (Å²) in [5.74, 6) is 7.72. The number of aromatic nitrogens is 2. The number of anilines is 2. The molecule has 8 heteroatoms. The van der Waals surface area contributed by atoms with Crippen molar-refractivity contribution >= 4 is 21.5 Å². The number of rotatable bonds is 6. The lowest BCUT2D eigenvalue weighted by molar-refractivity contribution is 0.598. The van der Waals surface area contributed by atoms with Crippen LogP contribution >= 0.6 is 0 Å². The Balaban J connectivity index is 2.12. The van der Waals surface area contributed by atoms with E-state index in [1.165, 1.54) is 6.26 Å². The van der Waals surface area contributed by atoms with Crippen molar-refractivity contribution in [2.24, 2.45) is 5.84 Å². The van der Waals surface area contributed by atoms with Gasteiger partial charge in [0.1, 0.15) is 27.3 Å². The fraction of sp³-hybridized carbons (Fsp3) is 0.636. The second-order valence-corrected chi connectivity index (χ2v) is 7.24. The molecule has 106 valence electrons. The van der Waals surface area contributed by atoms with E-state index in [2.05, 4.69) is 20.7 Å². The zero-order chi connectivity index (χ0) is 14.0. The fourth-order valence-corrected chi connectivity index (χ4v) is 2.88. The third-order valence-electron chi connectivity index (χ3n) is 2.78. The Morgan fingerprint density at radius 2 is 2.05 bits per heavy atom. The molecular formula is C11H19N5O2S. The number of nitrogen functional groups attached to an aromatic ring is 1. The molecule has 0 aliphatic heterocycles. The largest absolute Gasteiger partial charge is 0.366 e. The third-order valence-corrected chi connectivity index (χ3v) is 3.89. The minimum Gasteiger partial charge on any atom is -0.366 e. The molecule has 19 heavy (non-hydrogen) atoms. The first-order valence-corrected chi connectivity index (χ1v) is 8.23. The quantitative estimate of drug-likeness (QED) is 0.515. The Morgan fingerprint density at radius 3 is 2.58 bits per heavy atom. The topological polar surface area (TPSA) is 110 Å². The molecule has 4 N–H and O–H groups in total. The highest BCUT2D eigenvalue weighted by Crippen LogP contribution is 2.38. The van der Waals surface area contributed by atoms with Gasteiger partial charge in [0.2, 0.25) is 0 Å². The minimum atomic E-state index is -3.02. The van der Waals surface area contributed by atoms with Crippen molar-refractivity contribution < 1.29 is 8.42 Å². The maximum Gasteiger partial charge on any atom is 0.149 e. The second-order valence-electron chi connectivity index (χ2n) is 5.05. The van der Waals surface area contributed by atoms with Gasteiger partial charge < -0.3 is 10.7 Å². The number of nitrogens with one attached hydrogen (secondary N) is 2. The lowest BCUT2D eigenvalue weighted by Crippen LogP contribution is -2.26. The molecule has 0 aromatic carbocycles. The van der Waals surface area contributed by atoms with Crippen LogP contribution in [0, 0.1) is 0 Å². The van der Waals surface area contributed by atoms with Gasteiger partial charge in [-0.15, -0.1) is 0 Å². The highest BCUT2D eigenvalue weighted by Gasteiger charge is 2.27. The van der Waals surface area contributed by atoms with E-state index in [9.17, 15) is 8.42 Å². The Labute approximate surface area is 112 Å². The van der Waals surface area contributed by atoms with Crippen molar-refractivity contribution in [2.75, 3.05) is 22.8 Å². The van der Waals surface area contributed by atoms with Crippen LogP contribution in [0.3, 0.4) is 0 Å². The average molecular weight is 285 g/mol. The molecule has 1 aromatic rings. The van der Waals surface area contributed by atoms with E-state index in [0.717, 1.165) is 18.7 Å². The average Bonchev–Trinajstić information content (AvgIpc) is 3.09. The molecule has 1 unspecified atom stereocenters. The molecule has 2 rings (SSSR count). The normalized spacial score (nSPS) is 17.0. The molecule has 0 saturated heterocycles. The van der Waals surface area contributed by atoms with E-state index in [1.807, 2.05) is 0 Å². The zero-order valence-electron chi connectivity index (χ0n) is 11.0. The van der Waals surface area contributed by atoms with Crippen LogP contribution in [-0.2, 0) is 9.84 Å². The van der Waals surface area contributed by atoms with Gasteiger partial charge in [-0.3, -0.25) is 0 Å². The van der Waals surface area contributed by atoms with E-state index in [4.69, 9.17) is 5.84 Å². The molecular weight excluding hydrogens is 266 g/mol. The van der Waals surface area contributed by atoms with Gasteiger partial charge in [-0.25, -0.2) is 24.2 Å². The van der Waals surface area contributed by atoms with Crippen LogP contribution in [0.2, 0.25) is 0 Å². The standard InChI is InChI=1S/C11H19N5O2S/c1-7(6-19(2,17)18)13-9-5-10(16-12)15-11(14-9)8-3-4-8/h5,7-8H,3-4,6,12H2,1-2H3,(H2,13,14,15,16). The molecule has 1 atom stereocenters. The third kappa shape index (κ3) is 4.32. The van der Waals surface area contributed by atoms with Gasteiger partial charge in [0, 0.05) is 24.3 Å². The Bertz CT molecular complexity index is 556. The SMILES string of the molecule is CC(CS(C)(=O)=O)Nc1cc(NN)nc(C2CC2)n1. The van der Waals surface area contributed by atoms with Crippen molar-refractivity contribution in [1.82, 2.24) is 9.97 Å². The molecule has 0 spiro atoms. The summed E-state index contributed by atoms with van der Waals surface area (Å²) >= 11 is 0. The Hall–Kier alpha value is -1.41. The maximum absolute atomic E-state index is 11.2. The van der Waals surface area contributed by atoms with E-state index < -0.39 is 9.84 Å². The fourth-order valence-electron chi connectivity index (χ4n) is 1.89. The molecule has 1 aliphatic carbocycles. The summed E-state index contributed by atoms with van der Waals surface area (Å²) in [5.41, 5.74) is 2.50. The highest BCUT2D eigenvalue weighted by atomic mass is 32.2. The number of hydrazine groups is 1. The number of nitrogens with two attached hydrogens (primary N) is 1. The molecule has 1 saturated carbocycles. The predicted octanol–water partition coefficient (Wildman–Crippen LogP) is 0.485. The van der Waals surface area contributed by atoms with E-state index in [0.29, 0.717) is 17.6 Å². The van der Waals surface area contributed by atoms with Crippen molar-refractivity contribution in [1.29, 1.82) is 0 Å². The molecule has 1 heterocycles. The van der Waals surface area contributed by atoms with Crippen LogP contribution in [0.1, 0.15) is 31.5 Å². The number of hydrogen-bond acceptors (Lipinski definition) is 7. The number of sulfone groups is 1. The van der Waals surface area contributed by atoms with Gasteiger partial charge >= 0.3 is 0 Å². The first kappa shape index (κ1) is 14.0. The summed E-state index contributed by atoms with van der Waals surface area (Å²) in [6, 6.07) is 1.45. The van der Waals surface area contributed by atoms with E-state index in [1.54, 1.807) is 13.0 Å². The van der Waals surface area contributed by atoms with Gasteiger partial charge in [0.15, 0.2) is 0 Å². The Kier molecular flexibility index (Phi) is 3.91. The second kappa shape index (κ2) is 5.30. The lowest BCUT2D eigenvalue weighted by atomic mass is 10.3. The molecule has 7 nitrogen and oxygen atoms in total. The molecule has 0 amide bonds. The summed E-state index contributed by atoms with van der Waals surface area (Å²) < 4.78 is 22.5. The maximum atomic E-state index is 11.2. The van der Waals surface area contributed by atoms with Crippen LogP contribution in [0.4, 0.5) is 11.6 Å². The number of nitrogens with zero attached hydrogens (tertiary/aromatic N) is 2. The summed E-state index contributed by atoms with van der Waals surface area (Å²) in [6.45, 7) is 1.80. The zero-order valence-corrected chi connectivity index (χ0v) is 11.9. The molecule has 1 aromatic heterocycles. The van der Waals surface area contributed by atoms with E-state index >= 15 is 0 Å². The summed E-state index contributed by atoms with van der Waals surface area (Å²) in [4.78, 5) is 8.69. The smallest absolute Gasteiger partial charge is 0.149 e. The van der Waals surface area contributed by atoms with Crippen LogP contribution in [0.15, 0.2) is 6.07 Å². The van der Waals surface area contributed by atoms with Gasteiger partial charge in [0.05, 0.1) is 5.75 Å². The van der Waals surface area contributed by atoms with Gasteiger partial charge in [-0.05, 0) is 19.8 Å². The van der Waals surface area contributed by atoms with Crippen LogP contribution in [0.25, 0.3) is 0 Å². The summed E-state index contributed by atoms with van der Waals surface area (Å²) in [7, 11) is -3.02. The predicted molar refractivity (Wildman–Crippen MR) is 74.6 cm³/mol. The van der Waals surface area contributed by atoms with Gasteiger partial charge in [-0.2, -0.15) is 0 Å². The first-order valence-electron chi connectivity index (χ1n) is 6.17. The first-order chi connectivity index (χ1) is 8.87. The molecule has 0 radical (unpaired) electrons. The molecule has 1 aliphatic rings. The van der Waals surface area contributed by atoms with Gasteiger partial charge in [0.25, 0.3) is 0 Å². The van der Waals surface area contributed by atoms with Crippen LogP contribution < -0.4 is 16.6 Å². The summed E-state index contributed by atoms with van der Waals surface area (Å²) in [6.07, 6.45) is 3.40. The highest BCUT2D eigenvalue weighted by molar-refractivity contribution is 7.90. The Morgan fingerprint density at radius 1 is 1.42 bits per heavy atom. The van der Waals surface area contributed by atoms with Crippen molar-refractivity contribution in [3.63, 3.8) is 0 Å². The monoisotopic (exact) mass is 285 g/mol. The van der Waals surface area contributed by atoms with Gasteiger partial charge in [-0.1, -0.05) is 0 Å². The van der Waals surface area contributed by atoms with Crippen LogP contribution in [0.5, 0.6) is 0 Å². The molecule has 0 bridgehead atoms. The summed E-state index contributed by atoms with van der Waals surface area (Å²) in [5, 5.41) is 3.07. The lowest BCUT2D eigenvalue weighted by Gasteiger charge is -2.14. The minimum absolute atomic E-state index is 0.0567. The van der Waals surface area contributed by atoms with Crippen molar-refractivity contribution in [3.8, 4) is 0 Å². The van der Waals surface area contributed by atoms with Crippen LogP contribution in [-0.4, -0.2) is 36.4 Å². The molecule has 1 fully saturated rings. The van der Waals surface area contributed by atoms with Crippen molar-refractivity contribution in [2.45, 2.75) is 31.7 Å². The van der Waals surface area contributed by atoms with E-state index in [-0.39, 0.29) is 11.8 Å². The van der Waals surface area contributed by atoms with Crippen molar-refractivity contribution in [3.05, 3.63) is 11.9 Å². The number of hydrogen-bond donors (Lipinski definition) is 3.